The zero-order valence-electron chi connectivity index (χ0n) is 14.0. The molecule has 0 atom stereocenters. The molecule has 0 unspecified atom stereocenters. The summed E-state index contributed by atoms with van der Waals surface area (Å²) in [6.45, 7) is 2.01. The molecule has 1 fully saturated rings. The van der Waals surface area contributed by atoms with Crippen LogP contribution in [0.3, 0.4) is 0 Å². The number of carboxylic acid groups (broad SMARTS) is 1. The van der Waals surface area contributed by atoms with E-state index in [1.54, 1.807) is 18.2 Å². The highest BCUT2D eigenvalue weighted by molar-refractivity contribution is 8.18. The Balaban J connectivity index is 2.19. The molecular weight excluding hydrogens is 346 g/mol. The van der Waals surface area contributed by atoms with E-state index in [2.05, 4.69) is 6.92 Å². The van der Waals surface area contributed by atoms with Gasteiger partial charge >= 0.3 is 5.97 Å². The lowest BCUT2D eigenvalue weighted by atomic mass is 10.2. The molecule has 1 aromatic rings. The van der Waals surface area contributed by atoms with Crippen LogP contribution in [-0.2, 0) is 9.59 Å². The predicted molar refractivity (Wildman–Crippen MR) is 93.7 cm³/mol. The largest absolute Gasteiger partial charge is 0.493 e. The van der Waals surface area contributed by atoms with Crippen LogP contribution in [0.15, 0.2) is 23.1 Å². The number of hydrogen-bond acceptors (Lipinski definition) is 6. The minimum Gasteiger partial charge on any atom is -0.493 e. The van der Waals surface area contributed by atoms with Gasteiger partial charge in [-0.25, -0.2) is 0 Å². The number of benzene rings is 1. The summed E-state index contributed by atoms with van der Waals surface area (Å²) in [5, 5.41) is 8.18. The van der Waals surface area contributed by atoms with E-state index in [1.807, 2.05) is 0 Å². The van der Waals surface area contributed by atoms with Gasteiger partial charge in [-0.1, -0.05) is 19.4 Å². The van der Waals surface area contributed by atoms with Crippen molar-refractivity contribution in [2.45, 2.75) is 19.8 Å². The number of carbonyl (C=O) groups excluding carboxylic acids is 2. The van der Waals surface area contributed by atoms with Gasteiger partial charge in [-0.3, -0.25) is 19.3 Å². The summed E-state index contributed by atoms with van der Waals surface area (Å²) >= 11 is 0.716. The summed E-state index contributed by atoms with van der Waals surface area (Å²) in [5.41, 5.74) is 0.653. The molecule has 0 aromatic heterocycles. The van der Waals surface area contributed by atoms with Gasteiger partial charge in [0.2, 0.25) is 0 Å². The van der Waals surface area contributed by atoms with Crippen molar-refractivity contribution >= 4 is 35.0 Å². The quantitative estimate of drug-likeness (QED) is 0.559. The summed E-state index contributed by atoms with van der Waals surface area (Å²) < 4.78 is 10.9. The van der Waals surface area contributed by atoms with Crippen molar-refractivity contribution in [3.8, 4) is 11.5 Å². The molecule has 2 amide bonds. The number of nitrogens with zero attached hydrogens (tertiary/aromatic N) is 1. The maximum absolute atomic E-state index is 12.1. The Labute approximate surface area is 149 Å². The molecule has 0 radical (unpaired) electrons. The lowest BCUT2D eigenvalue weighted by Gasteiger charge is -2.11. The number of carboxylic acids is 1. The van der Waals surface area contributed by atoms with E-state index < -0.39 is 23.7 Å². The van der Waals surface area contributed by atoms with Crippen LogP contribution in [0.5, 0.6) is 11.5 Å². The van der Waals surface area contributed by atoms with Crippen LogP contribution in [0.2, 0.25) is 0 Å². The second-order valence-electron chi connectivity index (χ2n) is 5.27. The van der Waals surface area contributed by atoms with Crippen molar-refractivity contribution in [3.05, 3.63) is 28.7 Å². The number of unbranched alkanes of at least 4 members (excludes halogenated alkanes) is 1. The van der Waals surface area contributed by atoms with Crippen LogP contribution in [0.1, 0.15) is 25.3 Å². The summed E-state index contributed by atoms with van der Waals surface area (Å²) in [6, 6.07) is 5.18. The van der Waals surface area contributed by atoms with Crippen LogP contribution < -0.4 is 9.47 Å². The average Bonchev–Trinajstić information content (AvgIpc) is 2.83. The van der Waals surface area contributed by atoms with E-state index in [-0.39, 0.29) is 4.91 Å². The second kappa shape index (κ2) is 8.57. The van der Waals surface area contributed by atoms with E-state index in [0.717, 1.165) is 12.8 Å². The van der Waals surface area contributed by atoms with Crippen LogP contribution in [-0.4, -0.2) is 47.4 Å². The SMILES string of the molecule is CCCCOc1ccc(/C=C2\SC(=O)N(CC(=O)O)C2=O)cc1OC. The molecule has 1 heterocycles. The molecule has 25 heavy (non-hydrogen) atoms. The van der Waals surface area contributed by atoms with Crippen LogP contribution in [0, 0.1) is 0 Å². The zero-order valence-corrected chi connectivity index (χ0v) is 14.8. The number of rotatable bonds is 8. The highest BCUT2D eigenvalue weighted by Gasteiger charge is 2.36. The molecule has 1 aliphatic rings. The fourth-order valence-electron chi connectivity index (χ4n) is 2.14. The highest BCUT2D eigenvalue weighted by Crippen LogP contribution is 2.34. The molecule has 2 rings (SSSR count). The first-order valence-electron chi connectivity index (χ1n) is 7.74. The molecule has 0 bridgehead atoms. The van der Waals surface area contributed by atoms with Gasteiger partial charge in [0.05, 0.1) is 18.6 Å². The van der Waals surface area contributed by atoms with Crippen LogP contribution in [0.25, 0.3) is 6.08 Å². The lowest BCUT2D eigenvalue weighted by Crippen LogP contribution is -2.33. The topological polar surface area (TPSA) is 93.1 Å². The molecule has 1 aromatic carbocycles. The normalized spacial score (nSPS) is 15.8. The third-order valence-corrected chi connectivity index (χ3v) is 4.32. The molecule has 134 valence electrons. The molecule has 0 aliphatic carbocycles. The molecular formula is C17H19NO6S. The van der Waals surface area contributed by atoms with Gasteiger partial charge in [0, 0.05) is 0 Å². The first-order valence-corrected chi connectivity index (χ1v) is 8.56. The molecule has 7 nitrogen and oxygen atoms in total. The van der Waals surface area contributed by atoms with E-state index in [9.17, 15) is 14.4 Å². The third-order valence-electron chi connectivity index (χ3n) is 3.41. The Bertz CT molecular complexity index is 715. The van der Waals surface area contributed by atoms with Crippen molar-refractivity contribution in [2.75, 3.05) is 20.3 Å². The Morgan fingerprint density at radius 3 is 2.72 bits per heavy atom. The zero-order chi connectivity index (χ0) is 18.4. The maximum Gasteiger partial charge on any atom is 0.323 e. The van der Waals surface area contributed by atoms with Gasteiger partial charge in [-0.2, -0.15) is 0 Å². The van der Waals surface area contributed by atoms with E-state index in [0.29, 0.717) is 40.3 Å². The Hall–Kier alpha value is -2.48. The number of hydrogen-bond donors (Lipinski definition) is 1. The van der Waals surface area contributed by atoms with Crippen molar-refractivity contribution in [1.82, 2.24) is 4.90 Å². The minimum absolute atomic E-state index is 0.174. The minimum atomic E-state index is -1.24. The fraction of sp³-hybridized carbons (Fsp3) is 0.353. The van der Waals surface area contributed by atoms with Crippen molar-refractivity contribution in [1.29, 1.82) is 0 Å². The highest BCUT2D eigenvalue weighted by atomic mass is 32.2. The Morgan fingerprint density at radius 2 is 2.08 bits per heavy atom. The predicted octanol–water partition coefficient (Wildman–Crippen LogP) is 3.00. The van der Waals surface area contributed by atoms with Crippen LogP contribution in [0.4, 0.5) is 4.79 Å². The first kappa shape index (κ1) is 18.9. The van der Waals surface area contributed by atoms with Crippen molar-refractivity contribution in [3.63, 3.8) is 0 Å². The Morgan fingerprint density at radius 1 is 1.32 bits per heavy atom. The summed E-state index contributed by atoms with van der Waals surface area (Å²) in [6.07, 6.45) is 3.49. The number of imide groups is 1. The number of amides is 2. The smallest absolute Gasteiger partial charge is 0.323 e. The third kappa shape index (κ3) is 4.76. The summed E-state index contributed by atoms with van der Waals surface area (Å²) in [4.78, 5) is 35.5. The summed E-state index contributed by atoms with van der Waals surface area (Å²) in [5.74, 6) is -0.722. The van der Waals surface area contributed by atoms with Crippen molar-refractivity contribution in [2.24, 2.45) is 0 Å². The molecule has 1 N–H and O–H groups in total. The monoisotopic (exact) mass is 365 g/mol. The number of carbonyl (C=O) groups is 3. The van der Waals surface area contributed by atoms with Gasteiger partial charge in [0.15, 0.2) is 11.5 Å². The molecule has 8 heteroatoms. The lowest BCUT2D eigenvalue weighted by molar-refractivity contribution is -0.140. The molecule has 0 spiro atoms. The standard InChI is InChI=1S/C17H19NO6S/c1-3-4-7-24-12-6-5-11(8-13(12)23-2)9-14-16(21)18(10-15(19)20)17(22)25-14/h5-6,8-9H,3-4,7,10H2,1-2H3,(H,19,20)/b14-9-. The summed E-state index contributed by atoms with van der Waals surface area (Å²) in [7, 11) is 1.52. The number of methoxy groups -OCH3 is 1. The van der Waals surface area contributed by atoms with Crippen LogP contribution >= 0.6 is 11.8 Å². The maximum atomic E-state index is 12.1. The van der Waals surface area contributed by atoms with E-state index in [1.165, 1.54) is 13.2 Å². The molecule has 0 saturated carbocycles. The number of thioether (sulfide) groups is 1. The van der Waals surface area contributed by atoms with E-state index >= 15 is 0 Å². The van der Waals surface area contributed by atoms with Gasteiger partial charge in [-0.05, 0) is 42.0 Å². The molecule has 1 aliphatic heterocycles. The van der Waals surface area contributed by atoms with Gasteiger partial charge in [0.25, 0.3) is 11.1 Å². The fourth-order valence-corrected chi connectivity index (χ4v) is 2.98. The van der Waals surface area contributed by atoms with E-state index in [4.69, 9.17) is 14.6 Å². The number of aliphatic carboxylic acids is 1. The average molecular weight is 365 g/mol. The van der Waals surface area contributed by atoms with Gasteiger partial charge in [-0.15, -0.1) is 0 Å². The molecule has 1 saturated heterocycles. The first-order chi connectivity index (χ1) is 12.0. The van der Waals surface area contributed by atoms with Crippen molar-refractivity contribution < 1.29 is 29.0 Å². The van der Waals surface area contributed by atoms with Gasteiger partial charge < -0.3 is 14.6 Å². The Kier molecular flexibility index (Phi) is 6.46. The number of ether oxygens (including phenoxy) is 2. The van der Waals surface area contributed by atoms with Gasteiger partial charge in [0.1, 0.15) is 6.54 Å². The second-order valence-corrected chi connectivity index (χ2v) is 6.27.